The largest absolute Gasteiger partial charge is 0.483 e. The van der Waals surface area contributed by atoms with E-state index in [0.29, 0.717) is 11.7 Å². The molecule has 0 saturated carbocycles. The van der Waals surface area contributed by atoms with Gasteiger partial charge in [0, 0.05) is 0 Å². The van der Waals surface area contributed by atoms with Crippen molar-refractivity contribution < 1.29 is 14.6 Å². The van der Waals surface area contributed by atoms with Crippen molar-refractivity contribution in [2.75, 3.05) is 13.2 Å². The van der Waals surface area contributed by atoms with Crippen LogP contribution in [0.3, 0.4) is 0 Å². The first-order valence-corrected chi connectivity index (χ1v) is 7.50. The van der Waals surface area contributed by atoms with Gasteiger partial charge in [-0.3, -0.25) is 4.79 Å². The van der Waals surface area contributed by atoms with E-state index in [9.17, 15) is 9.90 Å². The Morgan fingerprint density at radius 2 is 2.15 bits per heavy atom. The number of carbonyl (C=O) groups is 1. The number of hydrogen-bond donors (Lipinski definition) is 2. The molecular formula is C15H22BrNO3. The van der Waals surface area contributed by atoms with Crippen LogP contribution >= 0.6 is 15.9 Å². The van der Waals surface area contributed by atoms with Crippen molar-refractivity contribution in [3.05, 3.63) is 28.2 Å². The normalized spacial score (nSPS) is 12.3. The van der Waals surface area contributed by atoms with Crippen molar-refractivity contribution in [3.63, 3.8) is 0 Å². The molecule has 0 aliphatic rings. The fourth-order valence-electron chi connectivity index (χ4n) is 1.88. The van der Waals surface area contributed by atoms with Crippen molar-refractivity contribution in [2.24, 2.45) is 5.92 Å². The molecule has 1 unspecified atom stereocenters. The predicted molar refractivity (Wildman–Crippen MR) is 82.8 cm³/mol. The first kappa shape index (κ1) is 17.0. The highest BCUT2D eigenvalue weighted by Gasteiger charge is 2.13. The molecule has 0 saturated heterocycles. The van der Waals surface area contributed by atoms with E-state index >= 15 is 0 Å². The average molecular weight is 344 g/mol. The Kier molecular flexibility index (Phi) is 7.02. The van der Waals surface area contributed by atoms with Gasteiger partial charge in [0.15, 0.2) is 6.61 Å². The first-order chi connectivity index (χ1) is 9.42. The molecule has 1 aromatic rings. The Bertz CT molecular complexity index is 449. The van der Waals surface area contributed by atoms with E-state index in [0.717, 1.165) is 16.5 Å². The third-order valence-electron chi connectivity index (χ3n) is 2.79. The lowest BCUT2D eigenvalue weighted by molar-refractivity contribution is -0.124. The predicted octanol–water partition coefficient (Wildman–Crippen LogP) is 2.66. The lowest BCUT2D eigenvalue weighted by Gasteiger charge is -2.18. The second kappa shape index (κ2) is 8.27. The van der Waals surface area contributed by atoms with Gasteiger partial charge < -0.3 is 15.2 Å². The minimum atomic E-state index is -0.225. The molecule has 1 rings (SSSR count). The van der Waals surface area contributed by atoms with Gasteiger partial charge in [0.2, 0.25) is 0 Å². The van der Waals surface area contributed by atoms with Gasteiger partial charge in [-0.2, -0.15) is 0 Å². The van der Waals surface area contributed by atoms with Gasteiger partial charge in [-0.05, 0) is 52.9 Å². The topological polar surface area (TPSA) is 58.6 Å². The summed E-state index contributed by atoms with van der Waals surface area (Å²) < 4.78 is 6.29. The summed E-state index contributed by atoms with van der Waals surface area (Å²) in [5.74, 6) is 0.826. The molecule has 5 heteroatoms. The maximum absolute atomic E-state index is 11.8. The molecule has 4 nitrogen and oxygen atoms in total. The maximum atomic E-state index is 11.8. The Morgan fingerprint density at radius 1 is 1.45 bits per heavy atom. The first-order valence-electron chi connectivity index (χ1n) is 6.71. The molecule has 112 valence electrons. The molecule has 20 heavy (non-hydrogen) atoms. The maximum Gasteiger partial charge on any atom is 0.258 e. The second-order valence-electron chi connectivity index (χ2n) is 5.30. The monoisotopic (exact) mass is 343 g/mol. The summed E-state index contributed by atoms with van der Waals surface area (Å²) in [6.07, 6.45) is 0.746. The lowest BCUT2D eigenvalue weighted by atomic mass is 10.0. The Labute approximate surface area is 128 Å². The van der Waals surface area contributed by atoms with E-state index in [1.165, 1.54) is 0 Å². The SMILES string of the molecule is Cc1ccc(OCC(=O)NC(CO)CC(C)C)c(Br)c1. The van der Waals surface area contributed by atoms with E-state index in [1.807, 2.05) is 25.1 Å². The van der Waals surface area contributed by atoms with Crippen LogP contribution in [-0.2, 0) is 4.79 Å². The van der Waals surface area contributed by atoms with Crippen LogP contribution in [-0.4, -0.2) is 30.3 Å². The number of ether oxygens (including phenoxy) is 1. The van der Waals surface area contributed by atoms with Gasteiger partial charge >= 0.3 is 0 Å². The minimum Gasteiger partial charge on any atom is -0.483 e. The molecule has 0 aliphatic heterocycles. The summed E-state index contributed by atoms with van der Waals surface area (Å²) in [7, 11) is 0. The number of nitrogens with one attached hydrogen (secondary N) is 1. The Hall–Kier alpha value is -1.07. The van der Waals surface area contributed by atoms with E-state index in [4.69, 9.17) is 4.74 Å². The van der Waals surface area contributed by atoms with Crippen molar-refractivity contribution in [1.29, 1.82) is 0 Å². The van der Waals surface area contributed by atoms with E-state index in [-0.39, 0.29) is 25.2 Å². The molecular weight excluding hydrogens is 322 g/mol. The number of aryl methyl sites for hydroxylation is 1. The highest BCUT2D eigenvalue weighted by atomic mass is 79.9. The van der Waals surface area contributed by atoms with Crippen LogP contribution in [0.1, 0.15) is 25.8 Å². The summed E-state index contributed by atoms with van der Waals surface area (Å²) in [6, 6.07) is 5.47. The molecule has 0 radical (unpaired) electrons. The van der Waals surface area contributed by atoms with Gasteiger partial charge in [-0.1, -0.05) is 19.9 Å². The zero-order valence-corrected chi connectivity index (χ0v) is 13.7. The van der Waals surface area contributed by atoms with Gasteiger partial charge in [-0.25, -0.2) is 0 Å². The molecule has 0 fully saturated rings. The number of aliphatic hydroxyl groups is 1. The van der Waals surface area contributed by atoms with Crippen molar-refractivity contribution in [3.8, 4) is 5.75 Å². The standard InChI is InChI=1S/C15H22BrNO3/c1-10(2)6-12(8-18)17-15(19)9-20-14-5-4-11(3)7-13(14)16/h4-5,7,10,12,18H,6,8-9H2,1-3H3,(H,17,19). The Morgan fingerprint density at radius 3 is 2.70 bits per heavy atom. The van der Waals surface area contributed by atoms with Gasteiger partial charge in [-0.15, -0.1) is 0 Å². The van der Waals surface area contributed by atoms with E-state index in [2.05, 4.69) is 35.1 Å². The number of carbonyl (C=O) groups excluding carboxylic acids is 1. The van der Waals surface area contributed by atoms with Crippen LogP contribution in [0.5, 0.6) is 5.75 Å². The van der Waals surface area contributed by atoms with Gasteiger partial charge in [0.1, 0.15) is 5.75 Å². The molecule has 0 spiro atoms. The highest BCUT2D eigenvalue weighted by Crippen LogP contribution is 2.25. The van der Waals surface area contributed by atoms with E-state index < -0.39 is 0 Å². The third kappa shape index (κ3) is 5.92. The average Bonchev–Trinajstić information content (AvgIpc) is 2.36. The van der Waals surface area contributed by atoms with Crippen LogP contribution < -0.4 is 10.1 Å². The molecule has 1 aromatic carbocycles. The number of hydrogen-bond acceptors (Lipinski definition) is 3. The molecule has 1 atom stereocenters. The minimum absolute atomic E-state index is 0.0574. The third-order valence-corrected chi connectivity index (χ3v) is 3.41. The van der Waals surface area contributed by atoms with Crippen LogP contribution in [0, 0.1) is 12.8 Å². The van der Waals surface area contributed by atoms with Crippen molar-refractivity contribution in [2.45, 2.75) is 33.2 Å². The molecule has 0 heterocycles. The smallest absolute Gasteiger partial charge is 0.258 e. The number of amides is 1. The van der Waals surface area contributed by atoms with Crippen LogP contribution in [0.25, 0.3) is 0 Å². The molecule has 2 N–H and O–H groups in total. The summed E-state index contributed by atoms with van der Waals surface area (Å²) in [5, 5.41) is 12.0. The fourth-order valence-corrected chi connectivity index (χ4v) is 2.49. The molecule has 0 bridgehead atoms. The van der Waals surface area contributed by atoms with Gasteiger partial charge in [0.25, 0.3) is 5.91 Å². The summed E-state index contributed by atoms with van der Waals surface area (Å²) >= 11 is 3.40. The molecule has 1 amide bonds. The summed E-state index contributed by atoms with van der Waals surface area (Å²) in [4.78, 5) is 11.8. The van der Waals surface area contributed by atoms with Crippen LogP contribution in [0.4, 0.5) is 0 Å². The van der Waals surface area contributed by atoms with Crippen molar-refractivity contribution >= 4 is 21.8 Å². The zero-order chi connectivity index (χ0) is 15.1. The highest BCUT2D eigenvalue weighted by molar-refractivity contribution is 9.10. The summed E-state index contributed by atoms with van der Waals surface area (Å²) in [6.45, 7) is 5.97. The van der Waals surface area contributed by atoms with Gasteiger partial charge in [0.05, 0.1) is 17.1 Å². The van der Waals surface area contributed by atoms with Crippen molar-refractivity contribution in [1.82, 2.24) is 5.32 Å². The molecule has 0 aromatic heterocycles. The lowest BCUT2D eigenvalue weighted by Crippen LogP contribution is -2.40. The Balaban J connectivity index is 2.46. The number of rotatable bonds is 7. The number of benzene rings is 1. The van der Waals surface area contributed by atoms with E-state index in [1.54, 1.807) is 0 Å². The summed E-state index contributed by atoms with van der Waals surface area (Å²) in [5.41, 5.74) is 1.12. The second-order valence-corrected chi connectivity index (χ2v) is 6.15. The van der Waals surface area contributed by atoms with Crippen LogP contribution in [0.2, 0.25) is 0 Å². The van der Waals surface area contributed by atoms with Crippen LogP contribution in [0.15, 0.2) is 22.7 Å². The number of halogens is 1. The fraction of sp³-hybridized carbons (Fsp3) is 0.533. The zero-order valence-electron chi connectivity index (χ0n) is 12.1. The molecule has 0 aliphatic carbocycles. The number of aliphatic hydroxyl groups excluding tert-OH is 1. The quantitative estimate of drug-likeness (QED) is 0.800.